The summed E-state index contributed by atoms with van der Waals surface area (Å²) in [6, 6.07) is 6.82. The van der Waals surface area contributed by atoms with Crippen LogP contribution in [-0.4, -0.2) is 84.5 Å². The zero-order valence-corrected chi connectivity index (χ0v) is 19.9. The third-order valence-electron chi connectivity index (χ3n) is 6.68. The number of carbonyl (C=O) groups excluding carboxylic acids is 2. The molecular weight excluding hydrogens is 484 g/mol. The number of aliphatic hydroxyl groups is 2. The first-order valence-electron chi connectivity index (χ1n) is 12.1. The molecule has 1 saturated heterocycles. The first kappa shape index (κ1) is 25.0. The van der Waals surface area contributed by atoms with Crippen LogP contribution < -0.4 is 11.3 Å². The molecule has 1 unspecified atom stereocenters. The van der Waals surface area contributed by atoms with Crippen LogP contribution in [0.4, 0.5) is 5.95 Å². The van der Waals surface area contributed by atoms with Crippen LogP contribution in [0.1, 0.15) is 52.6 Å². The number of aliphatic hydroxyl groups excluding tert-OH is 2. The van der Waals surface area contributed by atoms with Crippen molar-refractivity contribution >= 4 is 28.9 Å². The second kappa shape index (κ2) is 10.4. The largest absolute Gasteiger partial charge is 0.394 e. The zero-order valence-electron chi connectivity index (χ0n) is 19.9. The molecule has 0 saturated carbocycles. The van der Waals surface area contributed by atoms with Gasteiger partial charge in [0.1, 0.15) is 18.3 Å². The molecule has 13 heteroatoms. The van der Waals surface area contributed by atoms with E-state index in [4.69, 9.17) is 15.2 Å². The number of nitrogens with two attached hydrogens (primary N) is 1. The van der Waals surface area contributed by atoms with Gasteiger partial charge in [-0.3, -0.25) is 28.8 Å². The van der Waals surface area contributed by atoms with Crippen molar-refractivity contribution in [2.24, 2.45) is 0 Å². The fourth-order valence-electron chi connectivity index (χ4n) is 4.79. The number of aromatic amines is 1. The maximum Gasteiger partial charge on any atom is 0.280 e. The number of nitrogens with zero attached hydrogens (tertiary/aromatic N) is 4. The van der Waals surface area contributed by atoms with Crippen LogP contribution in [-0.2, 0) is 9.47 Å². The Morgan fingerprint density at radius 3 is 2.49 bits per heavy atom. The summed E-state index contributed by atoms with van der Waals surface area (Å²) in [5.41, 5.74) is 6.31. The van der Waals surface area contributed by atoms with Crippen LogP contribution in [0.5, 0.6) is 0 Å². The van der Waals surface area contributed by atoms with Crippen molar-refractivity contribution < 1.29 is 29.3 Å². The first-order chi connectivity index (χ1) is 17.9. The van der Waals surface area contributed by atoms with E-state index >= 15 is 0 Å². The summed E-state index contributed by atoms with van der Waals surface area (Å²) in [4.78, 5) is 48.9. The number of carbonyl (C=O) groups is 2. The molecule has 4 atom stereocenters. The number of aromatic nitrogens is 4. The molecule has 4 heterocycles. The molecule has 1 aromatic carbocycles. The minimum Gasteiger partial charge on any atom is -0.394 e. The summed E-state index contributed by atoms with van der Waals surface area (Å²) >= 11 is 0. The average Bonchev–Trinajstić information content (AvgIpc) is 3.52. The van der Waals surface area contributed by atoms with Crippen molar-refractivity contribution in [3.63, 3.8) is 0 Å². The van der Waals surface area contributed by atoms with Gasteiger partial charge in [0, 0.05) is 13.2 Å². The molecule has 0 radical (unpaired) electrons. The number of fused-ring (bicyclic) bond motifs is 2. The molecule has 196 valence electrons. The SMILES string of the molecule is Nc1nc2c(ncn2[C@@H]2O[C@H](CO)[C@H](O)C2OCCCCCCN2C(=O)c3ccccc3C2=O)c(=O)[nH]1. The third kappa shape index (κ3) is 4.62. The second-order valence-electron chi connectivity index (χ2n) is 9.07. The number of hydrogen-bond donors (Lipinski definition) is 4. The van der Waals surface area contributed by atoms with E-state index in [-0.39, 0.29) is 28.9 Å². The molecule has 1 fully saturated rings. The number of hydrogen-bond acceptors (Lipinski definition) is 10. The fourth-order valence-corrected chi connectivity index (χ4v) is 4.79. The highest BCUT2D eigenvalue weighted by atomic mass is 16.6. The lowest BCUT2D eigenvalue weighted by Crippen LogP contribution is -2.35. The second-order valence-corrected chi connectivity index (χ2v) is 9.07. The molecular formula is C24H28N6O7. The summed E-state index contributed by atoms with van der Waals surface area (Å²) in [7, 11) is 0. The van der Waals surface area contributed by atoms with Crippen molar-refractivity contribution in [2.75, 3.05) is 25.5 Å². The van der Waals surface area contributed by atoms with Crippen LogP contribution in [0.15, 0.2) is 35.4 Å². The average molecular weight is 513 g/mol. The van der Waals surface area contributed by atoms with Gasteiger partial charge in [-0.2, -0.15) is 4.98 Å². The number of nitrogen functional groups attached to an aromatic ring is 1. The number of imide groups is 1. The van der Waals surface area contributed by atoms with Gasteiger partial charge in [-0.1, -0.05) is 25.0 Å². The van der Waals surface area contributed by atoms with E-state index in [1.54, 1.807) is 24.3 Å². The van der Waals surface area contributed by atoms with E-state index in [0.29, 0.717) is 37.1 Å². The van der Waals surface area contributed by atoms with Gasteiger partial charge in [0.25, 0.3) is 17.4 Å². The van der Waals surface area contributed by atoms with E-state index in [1.807, 2.05) is 0 Å². The quantitative estimate of drug-likeness (QED) is 0.216. The summed E-state index contributed by atoms with van der Waals surface area (Å²) in [5.74, 6) is -0.599. The number of anilines is 1. The smallest absolute Gasteiger partial charge is 0.280 e. The molecule has 2 aliphatic rings. The van der Waals surface area contributed by atoms with Gasteiger partial charge in [-0.05, 0) is 25.0 Å². The Hall–Kier alpha value is -3.65. The van der Waals surface area contributed by atoms with Crippen LogP contribution >= 0.6 is 0 Å². The van der Waals surface area contributed by atoms with Gasteiger partial charge < -0.3 is 25.4 Å². The number of rotatable bonds is 10. The number of imidazole rings is 1. The van der Waals surface area contributed by atoms with E-state index in [9.17, 15) is 24.6 Å². The molecule has 2 aliphatic heterocycles. The highest BCUT2D eigenvalue weighted by molar-refractivity contribution is 6.21. The van der Waals surface area contributed by atoms with E-state index in [0.717, 1.165) is 12.8 Å². The number of benzene rings is 1. The van der Waals surface area contributed by atoms with Gasteiger partial charge in [-0.25, -0.2) is 4.98 Å². The van der Waals surface area contributed by atoms with Crippen LogP contribution in [0.2, 0.25) is 0 Å². The molecule has 13 nitrogen and oxygen atoms in total. The standard InChI is InChI=1S/C24H28N6O7/c25-24-27-19-16(20(33)28-24)26-12-30(19)23-18(17(32)15(11-31)37-23)36-10-6-2-1-5-9-29-21(34)13-7-3-4-8-14(13)22(29)35/h3-4,7-8,12,15,17-18,23,31-32H,1-2,5-6,9-11H2,(H3,25,27,28,33)/t15-,17+,18?,23-/m1/s1. The minimum atomic E-state index is -1.11. The van der Waals surface area contributed by atoms with Gasteiger partial charge in [0.05, 0.1) is 24.1 Å². The van der Waals surface area contributed by atoms with Gasteiger partial charge in [0.2, 0.25) is 5.95 Å². The van der Waals surface area contributed by atoms with E-state index < -0.39 is 36.7 Å². The molecule has 3 aromatic rings. The van der Waals surface area contributed by atoms with Crippen molar-refractivity contribution in [2.45, 2.75) is 50.2 Å². The summed E-state index contributed by atoms with van der Waals surface area (Å²) < 4.78 is 13.2. The summed E-state index contributed by atoms with van der Waals surface area (Å²) in [6.07, 6.45) is 0.542. The van der Waals surface area contributed by atoms with E-state index in [2.05, 4.69) is 15.0 Å². The number of H-pyrrole nitrogens is 1. The minimum absolute atomic E-state index is 0.0663. The molecule has 0 bridgehead atoms. The third-order valence-corrected chi connectivity index (χ3v) is 6.68. The van der Waals surface area contributed by atoms with Gasteiger partial charge >= 0.3 is 0 Å². The van der Waals surface area contributed by atoms with Crippen LogP contribution in [0.25, 0.3) is 11.2 Å². The molecule has 5 N–H and O–H groups in total. The monoisotopic (exact) mass is 512 g/mol. The van der Waals surface area contributed by atoms with Crippen LogP contribution in [0, 0.1) is 0 Å². The Bertz CT molecular complexity index is 1340. The number of amides is 2. The van der Waals surface area contributed by atoms with Crippen molar-refractivity contribution in [3.8, 4) is 0 Å². The van der Waals surface area contributed by atoms with Gasteiger partial charge in [-0.15, -0.1) is 0 Å². The van der Waals surface area contributed by atoms with Crippen LogP contribution in [0.3, 0.4) is 0 Å². The highest BCUT2D eigenvalue weighted by Gasteiger charge is 2.46. The molecule has 0 spiro atoms. The normalized spacial score (nSPS) is 23.4. The molecule has 2 amide bonds. The molecule has 37 heavy (non-hydrogen) atoms. The topological polar surface area (TPSA) is 186 Å². The van der Waals surface area contributed by atoms with Gasteiger partial charge in [0.15, 0.2) is 17.4 Å². The molecule has 0 aliphatic carbocycles. The highest BCUT2D eigenvalue weighted by Crippen LogP contribution is 2.33. The Kier molecular flexibility index (Phi) is 7.02. The lowest BCUT2D eigenvalue weighted by Gasteiger charge is -2.22. The lowest BCUT2D eigenvalue weighted by atomic mass is 10.1. The Balaban J connectivity index is 1.13. The predicted octanol–water partition coefficient (Wildman–Crippen LogP) is 0.194. The fraction of sp³-hybridized carbons (Fsp3) is 0.458. The Morgan fingerprint density at radius 2 is 1.78 bits per heavy atom. The number of unbranched alkanes of at least 4 members (excludes halogenated alkanes) is 3. The summed E-state index contributed by atoms with van der Waals surface area (Å²) in [5, 5.41) is 20.3. The van der Waals surface area contributed by atoms with Crippen molar-refractivity contribution in [1.29, 1.82) is 0 Å². The Morgan fingerprint density at radius 1 is 1.08 bits per heavy atom. The number of nitrogens with one attached hydrogen (secondary N) is 1. The number of ether oxygens (including phenoxy) is 2. The van der Waals surface area contributed by atoms with Crippen molar-refractivity contribution in [3.05, 3.63) is 52.1 Å². The molecule has 2 aromatic heterocycles. The maximum atomic E-state index is 12.4. The summed E-state index contributed by atoms with van der Waals surface area (Å²) in [6.45, 7) is 0.235. The van der Waals surface area contributed by atoms with Crippen molar-refractivity contribution in [1.82, 2.24) is 24.4 Å². The maximum absolute atomic E-state index is 12.4. The lowest BCUT2D eigenvalue weighted by molar-refractivity contribution is -0.0711. The zero-order chi connectivity index (χ0) is 26.1. The Labute approximate surface area is 210 Å². The van der Waals surface area contributed by atoms with E-state index in [1.165, 1.54) is 15.8 Å². The predicted molar refractivity (Wildman–Crippen MR) is 130 cm³/mol. The first-order valence-corrected chi connectivity index (χ1v) is 12.1. The molecule has 5 rings (SSSR count).